The minimum Gasteiger partial charge on any atom is -0.387 e. The molecule has 0 aromatic heterocycles. The Bertz CT molecular complexity index is 1200. The van der Waals surface area contributed by atoms with Crippen LogP contribution in [0, 0.1) is 0 Å². The summed E-state index contributed by atoms with van der Waals surface area (Å²) in [6.45, 7) is 4.77. The van der Waals surface area contributed by atoms with Gasteiger partial charge >= 0.3 is 7.82 Å². The fourth-order valence-corrected chi connectivity index (χ4v) is 8.63. The van der Waals surface area contributed by atoms with Crippen molar-refractivity contribution in [2.24, 2.45) is 0 Å². The number of nitrogens with zero attached hydrogens (tertiary/aromatic N) is 1. The fourth-order valence-electron chi connectivity index (χ4n) is 7.89. The van der Waals surface area contributed by atoms with E-state index in [1.54, 1.807) is 6.08 Å². The van der Waals surface area contributed by atoms with Crippen LogP contribution in [0.3, 0.4) is 0 Å². The van der Waals surface area contributed by atoms with Crippen LogP contribution in [0.4, 0.5) is 0 Å². The molecule has 0 saturated heterocycles. The number of phosphoric ester groups is 1. The molecule has 0 rings (SSSR count). The lowest BCUT2D eigenvalue weighted by Gasteiger charge is -2.25. The smallest absolute Gasteiger partial charge is 0.387 e. The second kappa shape index (κ2) is 47.5. The number of hydrogen-bond donors (Lipinski definition) is 3. The molecule has 0 heterocycles. The van der Waals surface area contributed by atoms with Gasteiger partial charge in [-0.2, -0.15) is 0 Å². The van der Waals surface area contributed by atoms with Crippen LogP contribution in [-0.2, 0) is 18.4 Å². The van der Waals surface area contributed by atoms with Crippen LogP contribution in [0.15, 0.2) is 48.6 Å². The molecule has 3 unspecified atom stereocenters. The van der Waals surface area contributed by atoms with Crippen LogP contribution < -0.4 is 5.32 Å². The molecule has 3 atom stereocenters. The molecule has 9 heteroatoms. The van der Waals surface area contributed by atoms with Crippen LogP contribution in [0.2, 0.25) is 0 Å². The van der Waals surface area contributed by atoms with E-state index in [2.05, 4.69) is 55.6 Å². The molecule has 0 aliphatic rings. The molecule has 65 heavy (non-hydrogen) atoms. The summed E-state index contributed by atoms with van der Waals surface area (Å²) in [4.78, 5) is 23.2. The highest BCUT2D eigenvalue weighted by Crippen LogP contribution is 2.43. The third kappa shape index (κ3) is 50.2. The van der Waals surface area contributed by atoms with E-state index in [-0.39, 0.29) is 19.1 Å². The van der Waals surface area contributed by atoms with Crippen molar-refractivity contribution < 1.29 is 32.9 Å². The molecule has 382 valence electrons. The zero-order chi connectivity index (χ0) is 47.8. The Balaban J connectivity index is 4.10. The SMILES string of the molecule is CCCCC/C=C/CC/C=C/CC/C=C/C(O)C(COP(=O)(O)OCC[N+](C)(C)C)NC(=O)CCCCCCCCCCCCCCCC/C=C\CCCCCCCCCCCCCC. The van der Waals surface area contributed by atoms with Gasteiger partial charge in [0.1, 0.15) is 13.2 Å². The summed E-state index contributed by atoms with van der Waals surface area (Å²) in [6, 6.07) is -0.869. The van der Waals surface area contributed by atoms with Gasteiger partial charge in [0, 0.05) is 6.42 Å². The molecule has 8 nitrogen and oxygen atoms in total. The lowest BCUT2D eigenvalue weighted by Crippen LogP contribution is -2.45. The van der Waals surface area contributed by atoms with Gasteiger partial charge in [-0.15, -0.1) is 0 Å². The summed E-state index contributed by atoms with van der Waals surface area (Å²) in [5.41, 5.74) is 0. The third-order valence-corrected chi connectivity index (χ3v) is 13.2. The normalized spacial score (nSPS) is 14.4. The van der Waals surface area contributed by atoms with Crippen LogP contribution in [0.25, 0.3) is 0 Å². The number of unbranched alkanes of at least 4 members (excludes halogenated alkanes) is 31. The molecule has 0 saturated carbocycles. The first kappa shape index (κ1) is 63.5. The summed E-state index contributed by atoms with van der Waals surface area (Å²) in [7, 11) is 1.55. The Morgan fingerprint density at radius 3 is 1.26 bits per heavy atom. The predicted octanol–water partition coefficient (Wildman–Crippen LogP) is 16.4. The number of phosphoric acid groups is 1. The van der Waals surface area contributed by atoms with Gasteiger partial charge in [-0.3, -0.25) is 13.8 Å². The first-order valence-electron chi connectivity index (χ1n) is 27.5. The number of carbonyl (C=O) groups is 1. The van der Waals surface area contributed by atoms with Gasteiger partial charge < -0.3 is 19.8 Å². The molecular weight excluding hydrogens is 828 g/mol. The van der Waals surface area contributed by atoms with Gasteiger partial charge in [0.25, 0.3) is 0 Å². The number of hydrogen-bond acceptors (Lipinski definition) is 5. The number of aliphatic hydroxyl groups is 1. The molecule has 0 aliphatic carbocycles. The Morgan fingerprint density at radius 2 is 0.846 bits per heavy atom. The maximum absolute atomic E-state index is 12.9. The maximum atomic E-state index is 12.9. The number of likely N-dealkylation sites (N-methyl/N-ethyl adjacent to an activating group) is 1. The second-order valence-electron chi connectivity index (χ2n) is 19.9. The van der Waals surface area contributed by atoms with Crippen LogP contribution >= 0.6 is 7.82 Å². The molecule has 0 radical (unpaired) electrons. The summed E-state index contributed by atoms with van der Waals surface area (Å²) in [5.74, 6) is -0.191. The van der Waals surface area contributed by atoms with Gasteiger partial charge in [-0.05, 0) is 70.6 Å². The van der Waals surface area contributed by atoms with Crippen molar-refractivity contribution in [3.63, 3.8) is 0 Å². The first-order valence-corrected chi connectivity index (χ1v) is 29.0. The van der Waals surface area contributed by atoms with E-state index in [9.17, 15) is 19.4 Å². The number of allylic oxidation sites excluding steroid dienone is 7. The van der Waals surface area contributed by atoms with Crippen LogP contribution in [0.1, 0.15) is 251 Å². The Hall–Kier alpha value is -1.54. The number of amides is 1. The van der Waals surface area contributed by atoms with Crippen molar-refractivity contribution in [1.82, 2.24) is 5.32 Å². The van der Waals surface area contributed by atoms with Crippen LogP contribution in [-0.4, -0.2) is 73.4 Å². The third-order valence-electron chi connectivity index (χ3n) is 12.2. The summed E-state index contributed by atoms with van der Waals surface area (Å²) in [6.07, 6.45) is 62.2. The van der Waals surface area contributed by atoms with Gasteiger partial charge in [0.05, 0.1) is 39.9 Å². The Kier molecular flexibility index (Phi) is 46.4. The summed E-state index contributed by atoms with van der Waals surface area (Å²) < 4.78 is 23.6. The second-order valence-corrected chi connectivity index (χ2v) is 21.4. The van der Waals surface area contributed by atoms with Gasteiger partial charge in [0.15, 0.2) is 0 Å². The zero-order valence-corrected chi connectivity index (χ0v) is 44.4. The highest BCUT2D eigenvalue weighted by molar-refractivity contribution is 7.47. The van der Waals surface area contributed by atoms with E-state index in [0.29, 0.717) is 17.4 Å². The number of aliphatic hydroxyl groups excluding tert-OH is 1. The van der Waals surface area contributed by atoms with E-state index in [4.69, 9.17) is 9.05 Å². The Labute approximate surface area is 403 Å². The van der Waals surface area contributed by atoms with Crippen molar-refractivity contribution in [2.75, 3.05) is 40.9 Å². The topological polar surface area (TPSA) is 105 Å². The quantitative estimate of drug-likeness (QED) is 0.0243. The summed E-state index contributed by atoms with van der Waals surface area (Å²) >= 11 is 0. The van der Waals surface area contributed by atoms with Crippen LogP contribution in [0.5, 0.6) is 0 Å². The number of rotatable bonds is 50. The van der Waals surface area contributed by atoms with Crippen molar-refractivity contribution in [3.8, 4) is 0 Å². The highest BCUT2D eigenvalue weighted by atomic mass is 31.2. The molecule has 0 aliphatic heterocycles. The number of quaternary nitrogens is 1. The minimum absolute atomic E-state index is 0.0532. The van der Waals surface area contributed by atoms with Gasteiger partial charge in [-0.1, -0.05) is 223 Å². The van der Waals surface area contributed by atoms with Crippen molar-refractivity contribution >= 4 is 13.7 Å². The monoisotopic (exact) mass is 936 g/mol. The average molecular weight is 936 g/mol. The minimum atomic E-state index is -4.35. The fraction of sp³-hybridized carbons (Fsp3) is 0.839. The number of carbonyl (C=O) groups excluding carboxylic acids is 1. The molecule has 0 aromatic rings. The molecule has 1 amide bonds. The molecule has 3 N–H and O–H groups in total. The van der Waals surface area contributed by atoms with Crippen molar-refractivity contribution in [2.45, 2.75) is 264 Å². The van der Waals surface area contributed by atoms with E-state index in [0.717, 1.165) is 51.4 Å². The number of nitrogens with one attached hydrogen (secondary N) is 1. The lowest BCUT2D eigenvalue weighted by atomic mass is 10.0. The zero-order valence-electron chi connectivity index (χ0n) is 43.5. The predicted molar refractivity (Wildman–Crippen MR) is 281 cm³/mol. The van der Waals surface area contributed by atoms with E-state index >= 15 is 0 Å². The standard InChI is InChI=1S/C56H107N2O6P/c1-6-8-10-12-14-16-18-20-21-22-23-24-25-26-27-28-29-30-31-32-33-34-35-36-38-40-42-44-46-48-50-56(60)57-54(53-64-65(61,62)63-52-51-58(3,4)5)55(59)49-47-45-43-41-39-37-19-17-15-13-11-9-7-2/h15,17,26-27,39,41,47,49,54-55,59H,6-14,16,18-25,28-38,40,42-46,48,50-53H2,1-5H3,(H-,57,60,61,62)/p+1/b17-15+,27-26-,41-39+,49-47+. The largest absolute Gasteiger partial charge is 0.472 e. The van der Waals surface area contributed by atoms with E-state index in [1.165, 1.54) is 180 Å². The molecular formula is C56H108N2O6P+. The maximum Gasteiger partial charge on any atom is 0.472 e. The van der Waals surface area contributed by atoms with Crippen molar-refractivity contribution in [1.29, 1.82) is 0 Å². The van der Waals surface area contributed by atoms with Crippen molar-refractivity contribution in [3.05, 3.63) is 48.6 Å². The van der Waals surface area contributed by atoms with Gasteiger partial charge in [-0.25, -0.2) is 4.57 Å². The Morgan fingerprint density at radius 1 is 0.508 bits per heavy atom. The molecule has 0 fully saturated rings. The molecule has 0 bridgehead atoms. The first-order chi connectivity index (χ1) is 31.5. The van der Waals surface area contributed by atoms with Gasteiger partial charge in [0.2, 0.25) is 5.91 Å². The highest BCUT2D eigenvalue weighted by Gasteiger charge is 2.27. The van der Waals surface area contributed by atoms with E-state index < -0.39 is 20.0 Å². The average Bonchev–Trinajstić information content (AvgIpc) is 3.26. The molecule has 0 aromatic carbocycles. The van der Waals surface area contributed by atoms with E-state index in [1.807, 2.05) is 27.2 Å². The molecule has 0 spiro atoms. The summed E-state index contributed by atoms with van der Waals surface area (Å²) in [5, 5.41) is 13.8. The lowest BCUT2D eigenvalue weighted by molar-refractivity contribution is -0.870.